The van der Waals surface area contributed by atoms with Crippen LogP contribution in [0.25, 0.3) is 0 Å². The molecule has 0 aliphatic heterocycles. The molecule has 0 spiro atoms. The molecule has 2 aromatic heterocycles. The molecule has 0 saturated heterocycles. The Kier molecular flexibility index (Phi) is 3.58. The number of nitrogens with one attached hydrogen (secondary N) is 1. The molecule has 8 heteroatoms. The number of amides is 1. The summed E-state index contributed by atoms with van der Waals surface area (Å²) in [6.07, 6.45) is 4.65. The first-order chi connectivity index (χ1) is 11.3. The number of rotatable bonds is 4. The van der Waals surface area contributed by atoms with Crippen LogP contribution in [-0.2, 0) is 17.6 Å². The summed E-state index contributed by atoms with van der Waals surface area (Å²) >= 11 is 1.56. The van der Waals surface area contributed by atoms with Gasteiger partial charge in [-0.2, -0.15) is 0 Å². The van der Waals surface area contributed by atoms with Gasteiger partial charge >= 0.3 is 0 Å². The van der Waals surface area contributed by atoms with Crippen molar-refractivity contribution in [2.45, 2.75) is 25.3 Å². The third kappa shape index (κ3) is 2.72. The highest BCUT2D eigenvalue weighted by Gasteiger charge is 2.26. The molecule has 1 aromatic carbocycles. The van der Waals surface area contributed by atoms with Crippen LogP contribution >= 0.6 is 11.3 Å². The second-order valence-corrected chi connectivity index (χ2v) is 6.42. The lowest BCUT2D eigenvalue weighted by Crippen LogP contribution is -2.27. The summed E-state index contributed by atoms with van der Waals surface area (Å²) in [5, 5.41) is 14.7. The van der Waals surface area contributed by atoms with Crippen LogP contribution in [-0.4, -0.2) is 31.1 Å². The van der Waals surface area contributed by atoms with Crippen molar-refractivity contribution in [1.29, 1.82) is 0 Å². The SMILES string of the molecule is O=C(Nc1nc2c(s1)CCC2)C(c1ccccc1)n1cnnn1. The van der Waals surface area contributed by atoms with Crippen LogP contribution in [0.3, 0.4) is 0 Å². The minimum Gasteiger partial charge on any atom is -0.300 e. The molecule has 1 unspecified atom stereocenters. The number of tetrazole rings is 1. The lowest BCUT2D eigenvalue weighted by molar-refractivity contribution is -0.118. The van der Waals surface area contributed by atoms with Crippen LogP contribution in [0.2, 0.25) is 0 Å². The van der Waals surface area contributed by atoms with Gasteiger partial charge in [-0.15, -0.1) is 16.4 Å². The van der Waals surface area contributed by atoms with E-state index in [9.17, 15) is 4.79 Å². The quantitative estimate of drug-likeness (QED) is 0.791. The molecule has 0 saturated carbocycles. The smallest absolute Gasteiger partial charge is 0.255 e. The Morgan fingerprint density at radius 3 is 2.87 bits per heavy atom. The second-order valence-electron chi connectivity index (χ2n) is 5.33. The standard InChI is InChI=1S/C15H14N6OS/c22-14(18-15-17-11-7-4-8-12(11)23-15)13(21-9-16-19-20-21)10-5-2-1-3-6-10/h1-3,5-6,9,13H,4,7-8H2,(H,17,18,22). The van der Waals surface area contributed by atoms with Crippen LogP contribution < -0.4 is 5.32 Å². The molecule has 0 bridgehead atoms. The number of aryl methyl sites for hydroxylation is 2. The Labute approximate surface area is 136 Å². The van der Waals surface area contributed by atoms with Gasteiger partial charge in [0.15, 0.2) is 11.2 Å². The van der Waals surface area contributed by atoms with Crippen LogP contribution in [0.5, 0.6) is 0 Å². The average molecular weight is 326 g/mol. The Balaban J connectivity index is 1.62. The predicted octanol–water partition coefficient (Wildman–Crippen LogP) is 1.85. The molecule has 0 radical (unpaired) electrons. The van der Waals surface area contributed by atoms with E-state index < -0.39 is 6.04 Å². The highest BCUT2D eigenvalue weighted by Crippen LogP contribution is 2.31. The molecule has 2 heterocycles. The highest BCUT2D eigenvalue weighted by atomic mass is 32.1. The molecular formula is C15H14N6OS. The molecule has 4 rings (SSSR count). The first kappa shape index (κ1) is 14.0. The third-order valence-corrected chi connectivity index (χ3v) is 4.89. The van der Waals surface area contributed by atoms with Crippen LogP contribution in [0, 0.1) is 0 Å². The zero-order valence-electron chi connectivity index (χ0n) is 12.2. The predicted molar refractivity (Wildman–Crippen MR) is 85.2 cm³/mol. The summed E-state index contributed by atoms with van der Waals surface area (Å²) in [6, 6.07) is 8.82. The minimum atomic E-state index is -0.620. The molecule has 116 valence electrons. The maximum Gasteiger partial charge on any atom is 0.255 e. The van der Waals surface area contributed by atoms with Gasteiger partial charge in [-0.05, 0) is 35.3 Å². The molecule has 1 atom stereocenters. The van der Waals surface area contributed by atoms with Crippen molar-refractivity contribution >= 4 is 22.4 Å². The summed E-state index contributed by atoms with van der Waals surface area (Å²) in [5.74, 6) is -0.198. The lowest BCUT2D eigenvalue weighted by Gasteiger charge is -2.15. The fourth-order valence-corrected chi connectivity index (χ4v) is 3.82. The molecule has 1 amide bonds. The van der Waals surface area contributed by atoms with Crippen molar-refractivity contribution in [1.82, 2.24) is 25.2 Å². The fourth-order valence-electron chi connectivity index (χ4n) is 2.76. The number of aromatic nitrogens is 5. The molecule has 1 aliphatic rings. The van der Waals surface area contributed by atoms with Gasteiger partial charge in [0.1, 0.15) is 6.33 Å². The van der Waals surface area contributed by atoms with Crippen molar-refractivity contribution in [3.63, 3.8) is 0 Å². The number of fused-ring (bicyclic) bond motifs is 1. The van der Waals surface area contributed by atoms with Crippen LogP contribution in [0.4, 0.5) is 5.13 Å². The van der Waals surface area contributed by atoms with Gasteiger partial charge in [-0.3, -0.25) is 10.1 Å². The first-order valence-electron chi connectivity index (χ1n) is 7.38. The number of hydrogen-bond donors (Lipinski definition) is 1. The van der Waals surface area contributed by atoms with Crippen molar-refractivity contribution in [3.05, 3.63) is 52.8 Å². The maximum absolute atomic E-state index is 12.8. The molecule has 1 N–H and O–H groups in total. The van der Waals surface area contributed by atoms with Crippen LogP contribution in [0.15, 0.2) is 36.7 Å². The van der Waals surface area contributed by atoms with Gasteiger partial charge in [0, 0.05) is 4.88 Å². The maximum atomic E-state index is 12.8. The number of carbonyl (C=O) groups is 1. The Morgan fingerprint density at radius 2 is 2.13 bits per heavy atom. The second kappa shape index (κ2) is 5.88. The van der Waals surface area contributed by atoms with E-state index in [0.717, 1.165) is 30.5 Å². The highest BCUT2D eigenvalue weighted by molar-refractivity contribution is 7.15. The van der Waals surface area contributed by atoms with Gasteiger partial charge in [0.2, 0.25) is 0 Å². The van der Waals surface area contributed by atoms with Crippen molar-refractivity contribution in [2.24, 2.45) is 0 Å². The topological polar surface area (TPSA) is 85.6 Å². The average Bonchev–Trinajstić information content (AvgIpc) is 3.26. The Hall–Kier alpha value is -2.61. The molecule has 23 heavy (non-hydrogen) atoms. The van der Waals surface area contributed by atoms with Crippen molar-refractivity contribution < 1.29 is 4.79 Å². The largest absolute Gasteiger partial charge is 0.300 e. The normalized spacial score (nSPS) is 14.4. The van der Waals surface area contributed by atoms with E-state index in [-0.39, 0.29) is 5.91 Å². The van der Waals surface area contributed by atoms with Crippen molar-refractivity contribution in [2.75, 3.05) is 5.32 Å². The summed E-state index contributed by atoms with van der Waals surface area (Å²) < 4.78 is 1.45. The monoisotopic (exact) mass is 326 g/mol. The van der Waals surface area contributed by atoms with E-state index in [1.807, 2.05) is 30.3 Å². The number of thiazole rings is 1. The number of hydrogen-bond acceptors (Lipinski definition) is 6. The zero-order chi connectivity index (χ0) is 15.6. The zero-order valence-corrected chi connectivity index (χ0v) is 13.0. The molecule has 0 fully saturated rings. The van der Waals surface area contributed by atoms with E-state index in [1.54, 1.807) is 11.3 Å². The van der Waals surface area contributed by atoms with Gasteiger partial charge < -0.3 is 0 Å². The number of benzene rings is 1. The van der Waals surface area contributed by atoms with Gasteiger partial charge in [0.05, 0.1) is 5.69 Å². The van der Waals surface area contributed by atoms with Crippen LogP contribution in [0.1, 0.15) is 28.6 Å². The van der Waals surface area contributed by atoms with E-state index >= 15 is 0 Å². The Morgan fingerprint density at radius 1 is 1.26 bits per heavy atom. The van der Waals surface area contributed by atoms with E-state index in [4.69, 9.17) is 0 Å². The molecule has 3 aromatic rings. The lowest BCUT2D eigenvalue weighted by atomic mass is 10.1. The number of anilines is 1. The van der Waals surface area contributed by atoms with Crippen molar-refractivity contribution in [3.8, 4) is 0 Å². The summed E-state index contributed by atoms with van der Waals surface area (Å²) in [6.45, 7) is 0. The van der Waals surface area contributed by atoms with E-state index in [0.29, 0.717) is 5.13 Å². The fraction of sp³-hybridized carbons (Fsp3) is 0.267. The van der Waals surface area contributed by atoms with E-state index in [2.05, 4.69) is 25.8 Å². The number of carbonyl (C=O) groups excluding carboxylic acids is 1. The van der Waals surface area contributed by atoms with E-state index in [1.165, 1.54) is 15.9 Å². The minimum absolute atomic E-state index is 0.198. The first-order valence-corrected chi connectivity index (χ1v) is 8.20. The van der Waals surface area contributed by atoms with Gasteiger partial charge in [-0.25, -0.2) is 9.67 Å². The summed E-state index contributed by atoms with van der Waals surface area (Å²) in [4.78, 5) is 18.6. The number of nitrogens with zero attached hydrogens (tertiary/aromatic N) is 5. The van der Waals surface area contributed by atoms with Gasteiger partial charge in [0.25, 0.3) is 5.91 Å². The summed E-state index contributed by atoms with van der Waals surface area (Å²) in [5.41, 5.74) is 1.94. The molecule has 1 aliphatic carbocycles. The molecule has 7 nitrogen and oxygen atoms in total. The third-order valence-electron chi connectivity index (χ3n) is 3.82. The van der Waals surface area contributed by atoms with Gasteiger partial charge in [-0.1, -0.05) is 30.3 Å². The molecular weight excluding hydrogens is 312 g/mol. The summed E-state index contributed by atoms with van der Waals surface area (Å²) in [7, 11) is 0. The Bertz CT molecular complexity index is 792.